The van der Waals surface area contributed by atoms with Gasteiger partial charge in [-0.25, -0.2) is 0 Å². The van der Waals surface area contributed by atoms with E-state index in [4.69, 9.17) is 5.11 Å². The first-order valence-electron chi connectivity index (χ1n) is 5.96. The van der Waals surface area contributed by atoms with Crippen LogP contribution in [0.25, 0.3) is 0 Å². The van der Waals surface area contributed by atoms with Gasteiger partial charge in [0.2, 0.25) is 0 Å². The molecule has 98 valence electrons. The third-order valence-corrected chi connectivity index (χ3v) is 5.01. The van der Waals surface area contributed by atoms with E-state index in [1.165, 1.54) is 9.35 Å². The van der Waals surface area contributed by atoms with Gasteiger partial charge in [-0.05, 0) is 46.1 Å². The molecule has 2 N–H and O–H groups in total. The van der Waals surface area contributed by atoms with Crippen LogP contribution >= 0.6 is 27.3 Å². The first-order valence-corrected chi connectivity index (χ1v) is 7.63. The summed E-state index contributed by atoms with van der Waals surface area (Å²) in [6.45, 7) is 9.02. The molecular formula is C13H22BrNOS. The van der Waals surface area contributed by atoms with Crippen LogP contribution in [-0.4, -0.2) is 17.8 Å². The fourth-order valence-electron chi connectivity index (χ4n) is 1.89. The Morgan fingerprint density at radius 2 is 2.12 bits per heavy atom. The van der Waals surface area contributed by atoms with E-state index in [2.05, 4.69) is 60.4 Å². The van der Waals surface area contributed by atoms with Gasteiger partial charge >= 0.3 is 0 Å². The van der Waals surface area contributed by atoms with Crippen LogP contribution in [-0.2, 0) is 0 Å². The fraction of sp³-hybridized carbons (Fsp3) is 0.692. The molecule has 1 heterocycles. The SMILES string of the molecule is CC(NC(CCO)C(C)(C)C)c1sccc1Br. The monoisotopic (exact) mass is 319 g/mol. The third-order valence-electron chi connectivity index (χ3n) is 2.95. The molecule has 1 aromatic rings. The summed E-state index contributed by atoms with van der Waals surface area (Å²) < 4.78 is 1.17. The number of halogens is 1. The minimum absolute atomic E-state index is 0.153. The van der Waals surface area contributed by atoms with Crippen molar-refractivity contribution in [1.82, 2.24) is 5.32 Å². The molecular weight excluding hydrogens is 298 g/mol. The van der Waals surface area contributed by atoms with E-state index in [1.807, 2.05) is 0 Å². The topological polar surface area (TPSA) is 32.3 Å². The summed E-state index contributed by atoms with van der Waals surface area (Å²) in [4.78, 5) is 1.32. The molecule has 0 saturated carbocycles. The average Bonchev–Trinajstić information content (AvgIpc) is 2.62. The first kappa shape index (κ1) is 15.2. The summed E-state index contributed by atoms with van der Waals surface area (Å²) in [5, 5.41) is 14.9. The van der Waals surface area contributed by atoms with Crippen molar-refractivity contribution in [3.05, 3.63) is 20.8 Å². The minimum Gasteiger partial charge on any atom is -0.396 e. The molecule has 0 aromatic carbocycles. The van der Waals surface area contributed by atoms with Gasteiger partial charge in [-0.1, -0.05) is 20.8 Å². The Bertz CT molecular complexity index is 345. The highest BCUT2D eigenvalue weighted by atomic mass is 79.9. The molecule has 0 aliphatic rings. The van der Waals surface area contributed by atoms with Gasteiger partial charge in [0.05, 0.1) is 0 Å². The Balaban J connectivity index is 2.71. The summed E-state index contributed by atoms with van der Waals surface area (Å²) >= 11 is 5.32. The molecule has 4 heteroatoms. The molecule has 2 unspecified atom stereocenters. The Labute approximate surface area is 117 Å². The molecule has 0 radical (unpaired) electrons. The van der Waals surface area contributed by atoms with Crippen molar-refractivity contribution < 1.29 is 5.11 Å². The molecule has 0 spiro atoms. The lowest BCUT2D eigenvalue weighted by atomic mass is 9.84. The Kier molecular flexibility index (Phi) is 5.64. The van der Waals surface area contributed by atoms with Crippen LogP contribution in [0.2, 0.25) is 0 Å². The zero-order chi connectivity index (χ0) is 13.1. The predicted molar refractivity (Wildman–Crippen MR) is 78.5 cm³/mol. The molecule has 17 heavy (non-hydrogen) atoms. The Morgan fingerprint density at radius 1 is 1.47 bits per heavy atom. The number of hydrogen-bond donors (Lipinski definition) is 2. The highest BCUT2D eigenvalue weighted by molar-refractivity contribution is 9.10. The summed E-state index contributed by atoms with van der Waals surface area (Å²) in [6.07, 6.45) is 0.789. The van der Waals surface area contributed by atoms with Gasteiger partial charge in [0.1, 0.15) is 0 Å². The molecule has 0 fully saturated rings. The maximum atomic E-state index is 9.15. The number of aliphatic hydroxyl groups is 1. The predicted octanol–water partition coefficient (Wildman–Crippen LogP) is 3.96. The van der Waals surface area contributed by atoms with Crippen LogP contribution in [0, 0.1) is 5.41 Å². The van der Waals surface area contributed by atoms with Crippen molar-refractivity contribution in [1.29, 1.82) is 0 Å². The molecule has 1 rings (SSSR count). The molecule has 0 bridgehead atoms. The van der Waals surface area contributed by atoms with Crippen molar-refractivity contribution in [2.45, 2.75) is 46.2 Å². The molecule has 1 aromatic heterocycles. The number of rotatable bonds is 5. The molecule has 2 nitrogen and oxygen atoms in total. The van der Waals surface area contributed by atoms with Crippen molar-refractivity contribution in [3.63, 3.8) is 0 Å². The van der Waals surface area contributed by atoms with E-state index >= 15 is 0 Å². The fourth-order valence-corrected chi connectivity index (χ4v) is 3.62. The van der Waals surface area contributed by atoms with Crippen LogP contribution in [0.1, 0.15) is 45.0 Å². The molecule has 0 aliphatic heterocycles. The van der Waals surface area contributed by atoms with E-state index in [-0.39, 0.29) is 12.0 Å². The third kappa shape index (κ3) is 4.36. The minimum atomic E-state index is 0.153. The lowest BCUT2D eigenvalue weighted by molar-refractivity contribution is 0.188. The van der Waals surface area contributed by atoms with Gasteiger partial charge in [0.15, 0.2) is 0 Å². The number of aliphatic hydroxyl groups excluding tert-OH is 1. The van der Waals surface area contributed by atoms with E-state index in [0.717, 1.165) is 6.42 Å². The Hall–Kier alpha value is 0.100. The smallest absolute Gasteiger partial charge is 0.0446 e. The highest BCUT2D eigenvalue weighted by Crippen LogP contribution is 2.31. The zero-order valence-corrected chi connectivity index (χ0v) is 13.4. The van der Waals surface area contributed by atoms with Crippen LogP contribution in [0.4, 0.5) is 0 Å². The summed E-state index contributed by atoms with van der Waals surface area (Å²) in [7, 11) is 0. The van der Waals surface area contributed by atoms with Crippen LogP contribution in [0.3, 0.4) is 0 Å². The lowest BCUT2D eigenvalue weighted by Gasteiger charge is -2.33. The lowest BCUT2D eigenvalue weighted by Crippen LogP contribution is -2.42. The average molecular weight is 320 g/mol. The maximum Gasteiger partial charge on any atom is 0.0446 e. The van der Waals surface area contributed by atoms with Crippen LogP contribution in [0.15, 0.2) is 15.9 Å². The van der Waals surface area contributed by atoms with Gasteiger partial charge in [-0.15, -0.1) is 11.3 Å². The maximum absolute atomic E-state index is 9.15. The largest absolute Gasteiger partial charge is 0.396 e. The number of thiophene rings is 1. The highest BCUT2D eigenvalue weighted by Gasteiger charge is 2.26. The molecule has 0 saturated heterocycles. The summed E-state index contributed by atoms with van der Waals surface area (Å²) in [5.41, 5.74) is 0.153. The molecule has 0 aliphatic carbocycles. The quantitative estimate of drug-likeness (QED) is 0.861. The Morgan fingerprint density at radius 3 is 2.53 bits per heavy atom. The van der Waals surface area contributed by atoms with E-state index in [0.29, 0.717) is 12.1 Å². The zero-order valence-electron chi connectivity index (χ0n) is 11.0. The number of nitrogens with one attached hydrogen (secondary N) is 1. The van der Waals surface area contributed by atoms with Gasteiger partial charge in [0, 0.05) is 28.0 Å². The van der Waals surface area contributed by atoms with Crippen molar-refractivity contribution in [2.24, 2.45) is 5.41 Å². The van der Waals surface area contributed by atoms with Gasteiger partial charge in [-0.2, -0.15) is 0 Å². The van der Waals surface area contributed by atoms with E-state index in [1.54, 1.807) is 11.3 Å². The summed E-state index contributed by atoms with van der Waals surface area (Å²) in [5.74, 6) is 0. The summed E-state index contributed by atoms with van der Waals surface area (Å²) in [6, 6.07) is 2.70. The van der Waals surface area contributed by atoms with Crippen molar-refractivity contribution >= 4 is 27.3 Å². The van der Waals surface area contributed by atoms with Crippen molar-refractivity contribution in [3.8, 4) is 0 Å². The molecule has 2 atom stereocenters. The van der Waals surface area contributed by atoms with E-state index in [9.17, 15) is 0 Å². The van der Waals surface area contributed by atoms with Gasteiger partial charge < -0.3 is 10.4 Å². The van der Waals surface area contributed by atoms with E-state index < -0.39 is 0 Å². The second-order valence-corrected chi connectivity index (χ2v) is 7.25. The normalized spacial score (nSPS) is 15.9. The van der Waals surface area contributed by atoms with Gasteiger partial charge in [-0.3, -0.25) is 0 Å². The van der Waals surface area contributed by atoms with Crippen LogP contribution in [0.5, 0.6) is 0 Å². The van der Waals surface area contributed by atoms with Crippen LogP contribution < -0.4 is 5.32 Å². The second-order valence-electron chi connectivity index (χ2n) is 5.45. The first-order chi connectivity index (χ1) is 7.86. The standard InChI is InChI=1S/C13H22BrNOS/c1-9(12-10(14)6-8-17-12)15-11(5-7-16)13(2,3)4/h6,8-9,11,15-16H,5,7H2,1-4H3. The molecule has 0 amide bonds. The van der Waals surface area contributed by atoms with Crippen molar-refractivity contribution in [2.75, 3.05) is 6.61 Å². The number of hydrogen-bond acceptors (Lipinski definition) is 3. The second kappa shape index (κ2) is 6.32. The van der Waals surface area contributed by atoms with Gasteiger partial charge in [0.25, 0.3) is 0 Å².